The monoisotopic (exact) mass is 308 g/mol. The molecule has 3 heterocycles. The Balaban J connectivity index is 1.76. The van der Waals surface area contributed by atoms with Gasteiger partial charge in [-0.15, -0.1) is 0 Å². The van der Waals surface area contributed by atoms with Gasteiger partial charge in [0, 0.05) is 44.6 Å². The maximum atomic E-state index is 11.5. The number of hydrogen-bond donors (Lipinski definition) is 0. The van der Waals surface area contributed by atoms with Gasteiger partial charge < -0.3 is 4.90 Å². The third-order valence-corrected chi connectivity index (χ3v) is 4.74. The van der Waals surface area contributed by atoms with Gasteiger partial charge in [0.2, 0.25) is 10.0 Å². The van der Waals surface area contributed by atoms with Crippen molar-refractivity contribution in [2.24, 2.45) is 0 Å². The Labute approximate surface area is 123 Å². The fourth-order valence-electron chi connectivity index (χ4n) is 2.29. The lowest BCUT2D eigenvalue weighted by Crippen LogP contribution is -2.48. The summed E-state index contributed by atoms with van der Waals surface area (Å²) in [7, 11) is -3.11. The van der Waals surface area contributed by atoms with Crippen LogP contribution in [0.2, 0.25) is 0 Å². The van der Waals surface area contributed by atoms with Crippen molar-refractivity contribution in [3.05, 3.63) is 31.1 Å². The van der Waals surface area contributed by atoms with Crippen molar-refractivity contribution in [2.75, 3.05) is 37.3 Å². The number of hydrogen-bond acceptors (Lipinski definition) is 6. The van der Waals surface area contributed by atoms with Crippen LogP contribution in [0.25, 0.3) is 5.82 Å². The molecule has 9 heteroatoms. The number of anilines is 1. The maximum absolute atomic E-state index is 11.5. The highest BCUT2D eigenvalue weighted by molar-refractivity contribution is 7.88. The summed E-state index contributed by atoms with van der Waals surface area (Å²) in [5, 5.41) is 0. The Kier molecular flexibility index (Phi) is 3.60. The number of rotatable bonds is 3. The smallest absolute Gasteiger partial charge is 0.211 e. The van der Waals surface area contributed by atoms with Crippen molar-refractivity contribution in [3.63, 3.8) is 0 Å². The Bertz CT molecular complexity index is 707. The molecule has 8 nitrogen and oxygen atoms in total. The van der Waals surface area contributed by atoms with Crippen LogP contribution in [0.1, 0.15) is 0 Å². The number of nitrogens with zero attached hydrogens (tertiary/aromatic N) is 6. The van der Waals surface area contributed by atoms with Gasteiger partial charge in [-0.2, -0.15) is 4.31 Å². The van der Waals surface area contributed by atoms with Crippen LogP contribution in [0, 0.1) is 0 Å². The van der Waals surface area contributed by atoms with E-state index in [1.165, 1.54) is 16.9 Å². The van der Waals surface area contributed by atoms with E-state index in [0.717, 1.165) is 11.6 Å². The predicted octanol–water partition coefficient (Wildman–Crippen LogP) is -0.256. The number of imidazole rings is 1. The van der Waals surface area contributed by atoms with E-state index in [-0.39, 0.29) is 0 Å². The van der Waals surface area contributed by atoms with Crippen LogP contribution >= 0.6 is 0 Å². The molecule has 0 radical (unpaired) electrons. The molecular weight excluding hydrogens is 292 g/mol. The van der Waals surface area contributed by atoms with E-state index in [1.807, 2.05) is 12.3 Å². The highest BCUT2D eigenvalue weighted by atomic mass is 32.2. The molecule has 21 heavy (non-hydrogen) atoms. The van der Waals surface area contributed by atoms with Gasteiger partial charge >= 0.3 is 0 Å². The molecule has 0 aliphatic carbocycles. The molecule has 1 saturated heterocycles. The summed E-state index contributed by atoms with van der Waals surface area (Å²) >= 11 is 0. The van der Waals surface area contributed by atoms with Gasteiger partial charge in [-0.05, 0) is 0 Å². The van der Waals surface area contributed by atoms with Gasteiger partial charge in [-0.25, -0.2) is 23.4 Å². The van der Waals surface area contributed by atoms with Crippen LogP contribution in [-0.4, -0.2) is 64.7 Å². The topological polar surface area (TPSA) is 84.2 Å². The third kappa shape index (κ3) is 3.03. The van der Waals surface area contributed by atoms with E-state index in [1.54, 1.807) is 17.1 Å². The Morgan fingerprint density at radius 1 is 1.10 bits per heavy atom. The minimum absolute atomic E-state index is 0.475. The van der Waals surface area contributed by atoms with Crippen molar-refractivity contribution < 1.29 is 8.42 Å². The number of sulfonamides is 1. The Morgan fingerprint density at radius 2 is 1.81 bits per heavy atom. The highest BCUT2D eigenvalue weighted by Crippen LogP contribution is 2.16. The highest BCUT2D eigenvalue weighted by Gasteiger charge is 2.24. The molecule has 0 bridgehead atoms. The molecule has 1 aliphatic heterocycles. The molecule has 0 aromatic carbocycles. The first-order valence-corrected chi connectivity index (χ1v) is 8.39. The van der Waals surface area contributed by atoms with E-state index >= 15 is 0 Å². The van der Waals surface area contributed by atoms with Crippen LogP contribution < -0.4 is 4.90 Å². The zero-order valence-corrected chi connectivity index (χ0v) is 12.4. The molecule has 2 aromatic rings. The maximum Gasteiger partial charge on any atom is 0.211 e. The summed E-state index contributed by atoms with van der Waals surface area (Å²) in [4.78, 5) is 14.5. The molecule has 0 amide bonds. The van der Waals surface area contributed by atoms with Gasteiger partial charge in [0.15, 0.2) is 0 Å². The third-order valence-electron chi connectivity index (χ3n) is 3.44. The fourth-order valence-corrected chi connectivity index (χ4v) is 3.12. The van der Waals surface area contributed by atoms with E-state index in [9.17, 15) is 8.42 Å². The van der Waals surface area contributed by atoms with Gasteiger partial charge in [0.1, 0.15) is 24.3 Å². The molecule has 0 unspecified atom stereocenters. The summed E-state index contributed by atoms with van der Waals surface area (Å²) < 4.78 is 26.3. The first-order valence-electron chi connectivity index (χ1n) is 6.54. The molecule has 2 aromatic heterocycles. The van der Waals surface area contributed by atoms with Gasteiger partial charge in [0.25, 0.3) is 0 Å². The molecule has 0 spiro atoms. The standard InChI is InChI=1S/C12H16N6O2S/c1-21(19,20)18-6-4-16(5-7-18)11-8-12(15-9-14-11)17-3-2-13-10-17/h2-3,8-10H,4-7H2,1H3. The number of aromatic nitrogens is 4. The van der Waals surface area contributed by atoms with Crippen LogP contribution in [-0.2, 0) is 10.0 Å². The van der Waals surface area contributed by atoms with Crippen molar-refractivity contribution in [1.29, 1.82) is 0 Å². The van der Waals surface area contributed by atoms with Gasteiger partial charge in [-0.1, -0.05) is 0 Å². The van der Waals surface area contributed by atoms with E-state index in [0.29, 0.717) is 26.2 Å². The summed E-state index contributed by atoms with van der Waals surface area (Å²) in [6, 6.07) is 1.87. The zero-order chi connectivity index (χ0) is 14.9. The first-order chi connectivity index (χ1) is 10.0. The fraction of sp³-hybridized carbons (Fsp3) is 0.417. The predicted molar refractivity (Wildman–Crippen MR) is 77.8 cm³/mol. The second kappa shape index (κ2) is 5.41. The Morgan fingerprint density at radius 3 is 2.43 bits per heavy atom. The molecule has 1 fully saturated rings. The lowest BCUT2D eigenvalue weighted by atomic mass is 10.3. The summed E-state index contributed by atoms with van der Waals surface area (Å²) in [6.07, 6.45) is 7.92. The average Bonchev–Trinajstić information content (AvgIpc) is 3.01. The SMILES string of the molecule is CS(=O)(=O)N1CCN(c2cc(-n3ccnc3)ncn2)CC1. The minimum Gasteiger partial charge on any atom is -0.354 e. The lowest BCUT2D eigenvalue weighted by Gasteiger charge is -2.33. The van der Waals surface area contributed by atoms with Crippen LogP contribution in [0.5, 0.6) is 0 Å². The molecule has 0 N–H and O–H groups in total. The summed E-state index contributed by atoms with van der Waals surface area (Å²) in [5.74, 6) is 1.53. The summed E-state index contributed by atoms with van der Waals surface area (Å²) in [5.41, 5.74) is 0. The molecule has 0 atom stereocenters. The minimum atomic E-state index is -3.11. The molecule has 112 valence electrons. The lowest BCUT2D eigenvalue weighted by molar-refractivity contribution is 0.387. The normalized spacial score (nSPS) is 17.1. The zero-order valence-electron chi connectivity index (χ0n) is 11.6. The molecule has 3 rings (SSSR count). The van der Waals surface area contributed by atoms with Crippen molar-refractivity contribution in [2.45, 2.75) is 0 Å². The van der Waals surface area contributed by atoms with E-state index in [2.05, 4.69) is 19.9 Å². The van der Waals surface area contributed by atoms with Crippen molar-refractivity contribution in [3.8, 4) is 5.82 Å². The van der Waals surface area contributed by atoms with Crippen LogP contribution in [0.4, 0.5) is 5.82 Å². The first kappa shape index (κ1) is 14.0. The largest absolute Gasteiger partial charge is 0.354 e. The quantitative estimate of drug-likeness (QED) is 0.777. The van der Waals surface area contributed by atoms with Crippen molar-refractivity contribution >= 4 is 15.8 Å². The van der Waals surface area contributed by atoms with Crippen LogP contribution in [0.3, 0.4) is 0 Å². The molecule has 0 saturated carbocycles. The average molecular weight is 308 g/mol. The molecule has 1 aliphatic rings. The molecular formula is C12H16N6O2S. The van der Waals surface area contributed by atoms with Gasteiger partial charge in [0.05, 0.1) is 6.26 Å². The van der Waals surface area contributed by atoms with E-state index in [4.69, 9.17) is 0 Å². The second-order valence-electron chi connectivity index (χ2n) is 4.85. The van der Waals surface area contributed by atoms with Crippen LogP contribution in [0.15, 0.2) is 31.1 Å². The number of piperazine rings is 1. The van der Waals surface area contributed by atoms with E-state index < -0.39 is 10.0 Å². The summed E-state index contributed by atoms with van der Waals surface area (Å²) in [6.45, 7) is 2.19. The van der Waals surface area contributed by atoms with Gasteiger partial charge in [-0.3, -0.25) is 4.57 Å². The Hall–Kier alpha value is -2.00. The van der Waals surface area contributed by atoms with Crippen molar-refractivity contribution in [1.82, 2.24) is 23.8 Å². The second-order valence-corrected chi connectivity index (χ2v) is 6.84.